The van der Waals surface area contributed by atoms with E-state index in [1.165, 1.54) is 23.6 Å². The van der Waals surface area contributed by atoms with Crippen LogP contribution in [-0.4, -0.2) is 40.5 Å². The number of nitrogens with zero attached hydrogens (tertiary/aromatic N) is 1. The van der Waals surface area contributed by atoms with Crippen molar-refractivity contribution in [1.29, 1.82) is 0 Å². The number of hydrogen-bond donors (Lipinski definition) is 0. The predicted octanol–water partition coefficient (Wildman–Crippen LogP) is 5.20. The first-order chi connectivity index (χ1) is 17.5. The maximum absolute atomic E-state index is 13.7. The SMILES string of the molecule is CC(=O)OCC1=C(C(=O)OC(c2ccccc2)c2ccccc2)N2C(=O)/C(=C\c3cccs3)[C@H]2SC1. The summed E-state index contributed by atoms with van der Waals surface area (Å²) in [6.07, 6.45) is 1.21. The highest BCUT2D eigenvalue weighted by Gasteiger charge is 2.50. The second-order valence-corrected chi connectivity index (χ2v) is 10.3. The molecule has 2 aliphatic heterocycles. The summed E-state index contributed by atoms with van der Waals surface area (Å²) in [4.78, 5) is 40.9. The van der Waals surface area contributed by atoms with Crippen LogP contribution in [0.5, 0.6) is 0 Å². The monoisotopic (exact) mass is 517 g/mol. The highest BCUT2D eigenvalue weighted by atomic mass is 32.2. The molecule has 0 unspecified atom stereocenters. The van der Waals surface area contributed by atoms with E-state index < -0.39 is 18.0 Å². The van der Waals surface area contributed by atoms with E-state index in [2.05, 4.69) is 0 Å². The quantitative estimate of drug-likeness (QED) is 0.244. The Morgan fingerprint density at radius 2 is 1.69 bits per heavy atom. The lowest BCUT2D eigenvalue weighted by atomic mass is 10.00. The zero-order chi connectivity index (χ0) is 25.1. The molecule has 2 aromatic carbocycles. The molecule has 1 aromatic heterocycles. The molecule has 0 aliphatic carbocycles. The molecule has 0 spiro atoms. The van der Waals surface area contributed by atoms with Gasteiger partial charge >= 0.3 is 11.9 Å². The van der Waals surface area contributed by atoms with E-state index in [0.29, 0.717) is 16.9 Å². The number of ether oxygens (including phenoxy) is 2. The first-order valence-electron chi connectivity index (χ1n) is 11.4. The van der Waals surface area contributed by atoms with E-state index >= 15 is 0 Å². The lowest BCUT2D eigenvalue weighted by Gasteiger charge is -2.46. The minimum absolute atomic E-state index is 0.0748. The van der Waals surface area contributed by atoms with Crippen molar-refractivity contribution in [3.63, 3.8) is 0 Å². The number of fused-ring (bicyclic) bond motifs is 1. The molecule has 1 saturated heterocycles. The lowest BCUT2D eigenvalue weighted by Crippen LogP contribution is -2.56. The average molecular weight is 518 g/mol. The molecular weight excluding hydrogens is 494 g/mol. The topological polar surface area (TPSA) is 72.9 Å². The van der Waals surface area contributed by atoms with Crippen molar-refractivity contribution in [2.45, 2.75) is 18.4 Å². The molecule has 6 nitrogen and oxygen atoms in total. The van der Waals surface area contributed by atoms with Gasteiger partial charge in [-0.25, -0.2) is 4.79 Å². The molecule has 0 radical (unpaired) electrons. The Hall–Kier alpha value is -3.62. The van der Waals surface area contributed by atoms with Crippen molar-refractivity contribution in [1.82, 2.24) is 4.90 Å². The number of thioether (sulfide) groups is 1. The van der Waals surface area contributed by atoms with Crippen LogP contribution in [0.25, 0.3) is 6.08 Å². The molecule has 8 heteroatoms. The van der Waals surface area contributed by atoms with Crippen LogP contribution < -0.4 is 0 Å². The van der Waals surface area contributed by atoms with Crippen LogP contribution in [0.4, 0.5) is 0 Å². The predicted molar refractivity (Wildman–Crippen MR) is 140 cm³/mol. The molecule has 0 N–H and O–H groups in total. The Labute approximate surface area is 217 Å². The minimum atomic E-state index is -0.659. The Balaban J connectivity index is 1.49. The summed E-state index contributed by atoms with van der Waals surface area (Å²) in [6, 6.07) is 22.8. The van der Waals surface area contributed by atoms with Crippen LogP contribution in [0.2, 0.25) is 0 Å². The lowest BCUT2D eigenvalue weighted by molar-refractivity contribution is -0.149. The van der Waals surface area contributed by atoms with Crippen LogP contribution in [-0.2, 0) is 23.9 Å². The summed E-state index contributed by atoms with van der Waals surface area (Å²) in [5, 5.41) is 1.66. The van der Waals surface area contributed by atoms with Crippen LogP contribution >= 0.6 is 23.1 Å². The number of carbonyl (C=O) groups excluding carboxylic acids is 3. The van der Waals surface area contributed by atoms with Crippen LogP contribution in [0.1, 0.15) is 29.0 Å². The van der Waals surface area contributed by atoms with Crippen molar-refractivity contribution in [3.8, 4) is 0 Å². The molecule has 36 heavy (non-hydrogen) atoms. The standard InChI is InChI=1S/C28H23NO5S2/c1-18(30)33-16-21-17-36-27-23(15-22-13-8-14-35-22)26(31)29(27)24(21)28(32)34-25(19-9-4-2-5-10-19)20-11-6-3-7-12-20/h2-15,25,27H,16-17H2,1H3/b23-15+/t27-/m1/s1. The Morgan fingerprint density at radius 3 is 2.28 bits per heavy atom. The van der Waals surface area contributed by atoms with Gasteiger partial charge < -0.3 is 9.47 Å². The summed E-state index contributed by atoms with van der Waals surface area (Å²) >= 11 is 3.07. The van der Waals surface area contributed by atoms with Crippen molar-refractivity contribution in [2.24, 2.45) is 0 Å². The largest absolute Gasteiger partial charge is 0.461 e. The first-order valence-corrected chi connectivity index (χ1v) is 13.3. The number of hydrogen-bond acceptors (Lipinski definition) is 7. The normalized spacial score (nSPS) is 18.2. The van der Waals surface area contributed by atoms with E-state index in [0.717, 1.165) is 16.0 Å². The molecule has 182 valence electrons. The second kappa shape index (κ2) is 10.6. The van der Waals surface area contributed by atoms with E-state index in [4.69, 9.17) is 9.47 Å². The van der Waals surface area contributed by atoms with Gasteiger partial charge in [-0.3, -0.25) is 14.5 Å². The van der Waals surface area contributed by atoms with Gasteiger partial charge in [0.2, 0.25) is 0 Å². The molecule has 0 bridgehead atoms. The molecule has 3 heterocycles. The molecule has 5 rings (SSSR count). The van der Waals surface area contributed by atoms with Gasteiger partial charge in [-0.15, -0.1) is 23.1 Å². The van der Waals surface area contributed by atoms with Gasteiger partial charge in [0.05, 0.1) is 5.57 Å². The van der Waals surface area contributed by atoms with Gasteiger partial charge in [0.1, 0.15) is 17.7 Å². The third-order valence-corrected chi connectivity index (χ3v) is 7.99. The van der Waals surface area contributed by atoms with Gasteiger partial charge in [-0.05, 0) is 28.6 Å². The van der Waals surface area contributed by atoms with Crippen molar-refractivity contribution in [3.05, 3.63) is 111 Å². The van der Waals surface area contributed by atoms with Gasteiger partial charge in [0.15, 0.2) is 6.10 Å². The fourth-order valence-electron chi connectivity index (χ4n) is 4.17. The van der Waals surface area contributed by atoms with Crippen molar-refractivity contribution < 1.29 is 23.9 Å². The maximum atomic E-state index is 13.7. The Morgan fingerprint density at radius 1 is 1.03 bits per heavy atom. The van der Waals surface area contributed by atoms with Gasteiger partial charge in [-0.2, -0.15) is 0 Å². The maximum Gasteiger partial charge on any atom is 0.356 e. The average Bonchev–Trinajstić information content (AvgIpc) is 3.43. The second-order valence-electron chi connectivity index (χ2n) is 8.29. The summed E-state index contributed by atoms with van der Waals surface area (Å²) in [6.45, 7) is 1.24. The number of esters is 2. The van der Waals surface area contributed by atoms with Crippen LogP contribution in [0.3, 0.4) is 0 Å². The molecular formula is C28H23NO5S2. The number of β-lactam (4-membered cyclic amide) rings is 1. The molecule has 1 atom stereocenters. The van der Waals surface area contributed by atoms with Gasteiger partial charge in [-0.1, -0.05) is 66.7 Å². The number of carbonyl (C=O) groups is 3. The van der Waals surface area contributed by atoms with Crippen molar-refractivity contribution in [2.75, 3.05) is 12.4 Å². The number of rotatable bonds is 7. The number of benzene rings is 2. The number of amides is 1. The zero-order valence-corrected chi connectivity index (χ0v) is 21.1. The van der Waals surface area contributed by atoms with Crippen LogP contribution in [0.15, 0.2) is 95.0 Å². The summed E-state index contributed by atoms with van der Waals surface area (Å²) in [7, 11) is 0. The Bertz CT molecular complexity index is 1290. The third-order valence-electron chi connectivity index (χ3n) is 5.87. The zero-order valence-electron chi connectivity index (χ0n) is 19.5. The summed E-state index contributed by atoms with van der Waals surface area (Å²) in [5.41, 5.74) is 2.98. The number of thiophene rings is 1. The van der Waals surface area contributed by atoms with E-state index in [1.54, 1.807) is 11.3 Å². The van der Waals surface area contributed by atoms with E-state index in [1.807, 2.05) is 84.3 Å². The third kappa shape index (κ3) is 4.87. The smallest absolute Gasteiger partial charge is 0.356 e. The van der Waals surface area contributed by atoms with E-state index in [9.17, 15) is 14.4 Å². The fourth-order valence-corrected chi connectivity index (χ4v) is 6.12. The molecule has 1 fully saturated rings. The van der Waals surface area contributed by atoms with E-state index in [-0.39, 0.29) is 23.6 Å². The summed E-state index contributed by atoms with van der Waals surface area (Å²) < 4.78 is 11.3. The van der Waals surface area contributed by atoms with Gasteiger partial charge in [0, 0.05) is 23.1 Å². The van der Waals surface area contributed by atoms with Crippen LogP contribution in [0, 0.1) is 0 Å². The van der Waals surface area contributed by atoms with Gasteiger partial charge in [0.25, 0.3) is 5.91 Å². The highest BCUT2D eigenvalue weighted by Crippen LogP contribution is 2.45. The van der Waals surface area contributed by atoms with Crippen molar-refractivity contribution >= 4 is 47.0 Å². The molecule has 3 aromatic rings. The molecule has 2 aliphatic rings. The first kappa shape index (κ1) is 24.1. The fraction of sp³-hybridized carbons (Fsp3) is 0.179. The minimum Gasteiger partial charge on any atom is -0.461 e. The highest BCUT2D eigenvalue weighted by molar-refractivity contribution is 8.00. The summed E-state index contributed by atoms with van der Waals surface area (Å²) in [5.74, 6) is -0.885. The molecule has 1 amide bonds. The molecule has 0 saturated carbocycles. The Kier molecular flexibility index (Phi) is 7.06.